The van der Waals surface area contributed by atoms with Crippen LogP contribution in [-0.2, 0) is 5.75 Å². The van der Waals surface area contributed by atoms with Gasteiger partial charge in [-0.3, -0.25) is 0 Å². The Kier molecular flexibility index (Phi) is 5.80. The van der Waals surface area contributed by atoms with Crippen LogP contribution in [0, 0.1) is 11.7 Å². The second kappa shape index (κ2) is 6.62. The Hall–Kier alpha value is 0.0800. The van der Waals surface area contributed by atoms with E-state index in [1.54, 1.807) is 23.9 Å². The van der Waals surface area contributed by atoms with Gasteiger partial charge in [0, 0.05) is 16.7 Å². The van der Waals surface area contributed by atoms with Crippen molar-refractivity contribution in [3.63, 3.8) is 0 Å². The number of alkyl halides is 1. The molecule has 0 aliphatic heterocycles. The number of rotatable bonds is 5. The smallest absolute Gasteiger partial charge is 0.127 e. The molecule has 1 unspecified atom stereocenters. The lowest BCUT2D eigenvalue weighted by Gasteiger charge is -2.07. The molecule has 0 N–H and O–H groups in total. The highest BCUT2D eigenvalue weighted by Crippen LogP contribution is 2.21. The summed E-state index contributed by atoms with van der Waals surface area (Å²) in [6, 6.07) is 4.64. The number of halogens is 3. The van der Waals surface area contributed by atoms with Crippen LogP contribution in [0.4, 0.5) is 4.39 Å². The molecule has 0 aliphatic carbocycles. The predicted octanol–water partition coefficient (Wildman–Crippen LogP) is 4.59. The molecule has 0 fully saturated rings. The first-order chi connectivity index (χ1) is 7.13. The monoisotopic (exact) mass is 266 g/mol. The number of hydrogen-bond donors (Lipinski definition) is 0. The van der Waals surface area contributed by atoms with Gasteiger partial charge in [-0.15, -0.1) is 11.6 Å². The minimum atomic E-state index is -0.189. The van der Waals surface area contributed by atoms with Gasteiger partial charge in [0.15, 0.2) is 0 Å². The van der Waals surface area contributed by atoms with Crippen molar-refractivity contribution in [1.82, 2.24) is 0 Å². The Morgan fingerprint density at radius 3 is 2.87 bits per heavy atom. The van der Waals surface area contributed by atoms with Gasteiger partial charge in [-0.05, 0) is 35.4 Å². The quantitative estimate of drug-likeness (QED) is 0.703. The van der Waals surface area contributed by atoms with Crippen LogP contribution in [0.25, 0.3) is 0 Å². The third kappa shape index (κ3) is 4.62. The van der Waals surface area contributed by atoms with Gasteiger partial charge in [0.05, 0.1) is 0 Å². The van der Waals surface area contributed by atoms with Crippen molar-refractivity contribution in [2.24, 2.45) is 5.92 Å². The summed E-state index contributed by atoms with van der Waals surface area (Å²) in [5.74, 6) is 2.50. The Bertz CT molecular complexity index is 317. The standard InChI is InChI=1S/C11H13Cl2FS/c1-8(5-12)6-15-7-9-4-10(13)2-3-11(9)14/h2-4,8H,5-7H2,1H3. The fourth-order valence-corrected chi connectivity index (χ4v) is 2.58. The van der Waals surface area contributed by atoms with Crippen LogP contribution in [0.3, 0.4) is 0 Å². The zero-order valence-electron chi connectivity index (χ0n) is 8.47. The molecule has 0 aromatic heterocycles. The van der Waals surface area contributed by atoms with Crippen LogP contribution in [0.2, 0.25) is 5.02 Å². The lowest BCUT2D eigenvalue weighted by Crippen LogP contribution is -2.00. The first kappa shape index (κ1) is 13.1. The van der Waals surface area contributed by atoms with E-state index in [0.29, 0.717) is 28.1 Å². The SMILES string of the molecule is CC(CCl)CSCc1cc(Cl)ccc1F. The molecule has 0 amide bonds. The zero-order valence-corrected chi connectivity index (χ0v) is 10.8. The van der Waals surface area contributed by atoms with Crippen molar-refractivity contribution in [1.29, 1.82) is 0 Å². The van der Waals surface area contributed by atoms with E-state index in [0.717, 1.165) is 5.75 Å². The first-order valence-electron chi connectivity index (χ1n) is 4.71. The van der Waals surface area contributed by atoms with Crippen LogP contribution in [0.15, 0.2) is 18.2 Å². The van der Waals surface area contributed by atoms with E-state index in [1.165, 1.54) is 6.07 Å². The maximum absolute atomic E-state index is 13.3. The number of thioether (sulfide) groups is 1. The second-order valence-corrected chi connectivity index (χ2v) is 5.29. The molecular formula is C11H13Cl2FS. The average molecular weight is 267 g/mol. The molecule has 1 aromatic carbocycles. The average Bonchev–Trinajstić information content (AvgIpc) is 2.23. The Labute approximate surface area is 104 Å². The third-order valence-corrected chi connectivity index (χ3v) is 4.01. The fourth-order valence-electron chi connectivity index (χ4n) is 1.07. The van der Waals surface area contributed by atoms with Gasteiger partial charge >= 0.3 is 0 Å². The molecule has 4 heteroatoms. The van der Waals surface area contributed by atoms with Gasteiger partial charge in [-0.25, -0.2) is 4.39 Å². The fraction of sp³-hybridized carbons (Fsp3) is 0.455. The van der Waals surface area contributed by atoms with Crippen LogP contribution < -0.4 is 0 Å². The Morgan fingerprint density at radius 2 is 2.20 bits per heavy atom. The molecule has 0 saturated carbocycles. The normalized spacial score (nSPS) is 12.8. The highest BCUT2D eigenvalue weighted by Gasteiger charge is 2.05. The summed E-state index contributed by atoms with van der Waals surface area (Å²) in [6.07, 6.45) is 0. The maximum atomic E-state index is 13.3. The van der Waals surface area contributed by atoms with Gasteiger partial charge in [0.2, 0.25) is 0 Å². The first-order valence-corrected chi connectivity index (χ1v) is 6.78. The minimum absolute atomic E-state index is 0.189. The van der Waals surface area contributed by atoms with Crippen molar-refractivity contribution in [3.05, 3.63) is 34.6 Å². The molecule has 0 radical (unpaired) electrons. The number of hydrogen-bond acceptors (Lipinski definition) is 1. The molecule has 1 rings (SSSR count). The van der Waals surface area contributed by atoms with Gasteiger partial charge in [-0.2, -0.15) is 11.8 Å². The molecule has 0 bridgehead atoms. The van der Waals surface area contributed by atoms with Crippen molar-refractivity contribution in [3.8, 4) is 0 Å². The minimum Gasteiger partial charge on any atom is -0.207 e. The van der Waals surface area contributed by atoms with E-state index in [4.69, 9.17) is 23.2 Å². The topological polar surface area (TPSA) is 0 Å². The molecule has 1 aromatic rings. The lowest BCUT2D eigenvalue weighted by atomic mass is 10.2. The second-order valence-electron chi connectivity index (χ2n) is 3.51. The van der Waals surface area contributed by atoms with Crippen molar-refractivity contribution >= 4 is 35.0 Å². The lowest BCUT2D eigenvalue weighted by molar-refractivity contribution is 0.617. The van der Waals surface area contributed by atoms with Gasteiger partial charge in [-0.1, -0.05) is 18.5 Å². The Morgan fingerprint density at radius 1 is 1.47 bits per heavy atom. The molecule has 0 heterocycles. The molecule has 84 valence electrons. The summed E-state index contributed by atoms with van der Waals surface area (Å²) in [5.41, 5.74) is 0.661. The van der Waals surface area contributed by atoms with Gasteiger partial charge in [0.25, 0.3) is 0 Å². The highest BCUT2D eigenvalue weighted by atomic mass is 35.5. The Balaban J connectivity index is 2.46. The summed E-state index contributed by atoms with van der Waals surface area (Å²) in [5, 5.41) is 0.581. The van der Waals surface area contributed by atoms with E-state index in [9.17, 15) is 4.39 Å². The van der Waals surface area contributed by atoms with Crippen LogP contribution in [-0.4, -0.2) is 11.6 Å². The molecule has 15 heavy (non-hydrogen) atoms. The molecule has 0 nitrogen and oxygen atoms in total. The number of benzene rings is 1. The molecule has 0 spiro atoms. The van der Waals surface area contributed by atoms with Crippen LogP contribution >= 0.6 is 35.0 Å². The summed E-state index contributed by atoms with van der Waals surface area (Å²) in [6.45, 7) is 2.08. The van der Waals surface area contributed by atoms with E-state index in [-0.39, 0.29) is 5.82 Å². The van der Waals surface area contributed by atoms with E-state index >= 15 is 0 Å². The maximum Gasteiger partial charge on any atom is 0.127 e. The molecule has 0 aliphatic rings. The predicted molar refractivity (Wildman–Crippen MR) is 67.5 cm³/mol. The van der Waals surface area contributed by atoms with Crippen molar-refractivity contribution < 1.29 is 4.39 Å². The van der Waals surface area contributed by atoms with E-state index in [1.807, 2.05) is 0 Å². The molecular weight excluding hydrogens is 254 g/mol. The summed E-state index contributed by atoms with van der Waals surface area (Å²) in [4.78, 5) is 0. The van der Waals surface area contributed by atoms with E-state index < -0.39 is 0 Å². The van der Waals surface area contributed by atoms with Crippen LogP contribution in [0.5, 0.6) is 0 Å². The summed E-state index contributed by atoms with van der Waals surface area (Å²) in [7, 11) is 0. The molecule has 0 saturated heterocycles. The van der Waals surface area contributed by atoms with Crippen molar-refractivity contribution in [2.45, 2.75) is 12.7 Å². The van der Waals surface area contributed by atoms with Crippen LogP contribution in [0.1, 0.15) is 12.5 Å². The largest absolute Gasteiger partial charge is 0.207 e. The van der Waals surface area contributed by atoms with Gasteiger partial charge in [0.1, 0.15) is 5.82 Å². The van der Waals surface area contributed by atoms with Crippen molar-refractivity contribution in [2.75, 3.05) is 11.6 Å². The van der Waals surface area contributed by atoms with Gasteiger partial charge < -0.3 is 0 Å². The molecule has 1 atom stereocenters. The van der Waals surface area contributed by atoms with E-state index in [2.05, 4.69) is 6.92 Å². The third-order valence-electron chi connectivity index (χ3n) is 1.93. The summed E-state index contributed by atoms with van der Waals surface area (Å²) < 4.78 is 13.3. The zero-order chi connectivity index (χ0) is 11.3. The highest BCUT2D eigenvalue weighted by molar-refractivity contribution is 7.98. The summed E-state index contributed by atoms with van der Waals surface area (Å²) >= 11 is 13.1.